The highest BCUT2D eigenvalue weighted by Crippen LogP contribution is 2.16. The van der Waals surface area contributed by atoms with Crippen molar-refractivity contribution in [2.24, 2.45) is 0 Å². The average Bonchev–Trinajstić information content (AvgIpc) is 3.10. The fraction of sp³-hybridized carbons (Fsp3) is 0.167. The first-order chi connectivity index (χ1) is 11.8. The van der Waals surface area contributed by atoms with Gasteiger partial charge in [0.15, 0.2) is 6.61 Å². The molecule has 24 heavy (non-hydrogen) atoms. The largest absolute Gasteiger partial charge is 0.452 e. The van der Waals surface area contributed by atoms with Crippen molar-refractivity contribution in [2.75, 3.05) is 7.11 Å². The van der Waals surface area contributed by atoms with Crippen molar-refractivity contribution >= 4 is 5.97 Å². The first-order valence-electron chi connectivity index (χ1n) is 7.40. The van der Waals surface area contributed by atoms with Gasteiger partial charge in [-0.1, -0.05) is 53.7 Å². The molecule has 0 unspecified atom stereocenters. The third-order valence-corrected chi connectivity index (χ3v) is 3.36. The van der Waals surface area contributed by atoms with Crippen LogP contribution in [0.2, 0.25) is 0 Å². The number of rotatable bonds is 6. The summed E-state index contributed by atoms with van der Waals surface area (Å²) in [5.74, 6) is 0.245. The van der Waals surface area contributed by atoms with Gasteiger partial charge in [0.05, 0.1) is 12.2 Å². The molecule has 3 aromatic rings. The lowest BCUT2D eigenvalue weighted by molar-refractivity contribution is 0.0425. The molecule has 1 heterocycles. The van der Waals surface area contributed by atoms with Gasteiger partial charge in [-0.05, 0) is 11.6 Å². The molecule has 6 nitrogen and oxygen atoms in total. The quantitative estimate of drug-likeness (QED) is 0.648. The van der Waals surface area contributed by atoms with Gasteiger partial charge in [0.25, 0.3) is 5.89 Å². The van der Waals surface area contributed by atoms with Crippen molar-refractivity contribution in [2.45, 2.75) is 13.2 Å². The summed E-state index contributed by atoms with van der Waals surface area (Å²) in [6.07, 6.45) is 0. The number of methoxy groups -OCH3 is 1. The molecule has 0 atom stereocenters. The van der Waals surface area contributed by atoms with Gasteiger partial charge >= 0.3 is 5.97 Å². The van der Waals surface area contributed by atoms with Crippen molar-refractivity contribution in [3.8, 4) is 11.4 Å². The maximum Gasteiger partial charge on any atom is 0.339 e. The monoisotopic (exact) mass is 324 g/mol. The third-order valence-electron chi connectivity index (χ3n) is 3.36. The highest BCUT2D eigenvalue weighted by atomic mass is 16.6. The van der Waals surface area contributed by atoms with Gasteiger partial charge in [-0.2, -0.15) is 4.98 Å². The van der Waals surface area contributed by atoms with Crippen LogP contribution in [-0.4, -0.2) is 23.2 Å². The average molecular weight is 324 g/mol. The summed E-state index contributed by atoms with van der Waals surface area (Å²) in [7, 11) is 1.58. The molecule has 0 amide bonds. The summed E-state index contributed by atoms with van der Waals surface area (Å²) in [6.45, 7) is 0.254. The Hall–Kier alpha value is -2.99. The van der Waals surface area contributed by atoms with Gasteiger partial charge in [0.2, 0.25) is 5.82 Å². The first-order valence-corrected chi connectivity index (χ1v) is 7.40. The molecule has 0 aliphatic heterocycles. The van der Waals surface area contributed by atoms with Crippen LogP contribution >= 0.6 is 0 Å². The number of ether oxygens (including phenoxy) is 2. The summed E-state index contributed by atoms with van der Waals surface area (Å²) in [4.78, 5) is 16.4. The Morgan fingerprint density at radius 2 is 1.79 bits per heavy atom. The SMILES string of the molecule is COCc1ccccc1C(=O)OCc1nc(-c2ccccc2)no1. The van der Waals surface area contributed by atoms with Crippen LogP contribution in [0.3, 0.4) is 0 Å². The minimum absolute atomic E-state index is 0.0833. The smallest absolute Gasteiger partial charge is 0.339 e. The molecule has 0 saturated carbocycles. The molecule has 0 radical (unpaired) electrons. The number of aromatic nitrogens is 2. The molecule has 0 bridgehead atoms. The van der Waals surface area contributed by atoms with E-state index in [-0.39, 0.29) is 12.5 Å². The molecule has 122 valence electrons. The third kappa shape index (κ3) is 3.67. The Morgan fingerprint density at radius 3 is 2.58 bits per heavy atom. The summed E-state index contributed by atoms with van der Waals surface area (Å²) in [6, 6.07) is 16.6. The van der Waals surface area contributed by atoms with Gasteiger partial charge in [0, 0.05) is 12.7 Å². The van der Waals surface area contributed by atoms with E-state index in [1.54, 1.807) is 19.2 Å². The molecule has 0 fully saturated rings. The van der Waals surface area contributed by atoms with E-state index in [1.165, 1.54) is 0 Å². The first kappa shape index (κ1) is 15.9. The van der Waals surface area contributed by atoms with E-state index in [1.807, 2.05) is 42.5 Å². The fourth-order valence-electron chi connectivity index (χ4n) is 2.22. The van der Waals surface area contributed by atoms with Crippen LogP contribution in [0.5, 0.6) is 0 Å². The van der Waals surface area contributed by atoms with E-state index in [2.05, 4.69) is 10.1 Å². The van der Waals surface area contributed by atoms with E-state index in [0.29, 0.717) is 18.0 Å². The highest BCUT2D eigenvalue weighted by Gasteiger charge is 2.15. The molecule has 2 aromatic carbocycles. The maximum absolute atomic E-state index is 12.2. The Labute approximate surface area is 139 Å². The van der Waals surface area contributed by atoms with Gasteiger partial charge < -0.3 is 14.0 Å². The van der Waals surface area contributed by atoms with Gasteiger partial charge in [0.1, 0.15) is 0 Å². The highest BCUT2D eigenvalue weighted by molar-refractivity contribution is 5.91. The zero-order chi connectivity index (χ0) is 16.8. The topological polar surface area (TPSA) is 74.5 Å². The van der Waals surface area contributed by atoms with Crippen LogP contribution in [0.25, 0.3) is 11.4 Å². The Balaban J connectivity index is 1.66. The number of carbonyl (C=O) groups is 1. The fourth-order valence-corrected chi connectivity index (χ4v) is 2.22. The number of hydrogen-bond acceptors (Lipinski definition) is 6. The molecule has 6 heteroatoms. The van der Waals surface area contributed by atoms with Crippen molar-refractivity contribution < 1.29 is 18.8 Å². The lowest BCUT2D eigenvalue weighted by Crippen LogP contribution is -2.09. The molecular weight excluding hydrogens is 308 g/mol. The molecule has 0 aliphatic carbocycles. The van der Waals surface area contributed by atoms with Crippen LogP contribution < -0.4 is 0 Å². The second-order valence-electron chi connectivity index (χ2n) is 5.04. The van der Waals surface area contributed by atoms with Crippen LogP contribution in [0.4, 0.5) is 0 Å². The molecule has 0 aliphatic rings. The number of carbonyl (C=O) groups excluding carboxylic acids is 1. The van der Waals surface area contributed by atoms with Crippen LogP contribution in [-0.2, 0) is 22.7 Å². The summed E-state index contributed by atoms with van der Waals surface area (Å²) >= 11 is 0. The lowest BCUT2D eigenvalue weighted by atomic mass is 10.1. The number of benzene rings is 2. The molecule has 3 rings (SSSR count). The van der Waals surface area contributed by atoms with Crippen molar-refractivity contribution in [3.63, 3.8) is 0 Å². The van der Waals surface area contributed by atoms with Gasteiger partial charge in [-0.25, -0.2) is 4.79 Å². The minimum atomic E-state index is -0.456. The van der Waals surface area contributed by atoms with Crippen LogP contribution in [0, 0.1) is 0 Å². The molecule has 0 spiro atoms. The van der Waals surface area contributed by atoms with Gasteiger partial charge in [-0.15, -0.1) is 0 Å². The zero-order valence-corrected chi connectivity index (χ0v) is 13.1. The summed E-state index contributed by atoms with van der Waals surface area (Å²) in [5, 5.41) is 3.89. The molecular formula is C18H16N2O4. The summed E-state index contributed by atoms with van der Waals surface area (Å²) in [5.41, 5.74) is 2.06. The molecule has 0 saturated heterocycles. The predicted octanol–water partition coefficient (Wildman–Crippen LogP) is 3.24. The van der Waals surface area contributed by atoms with Crippen molar-refractivity contribution in [1.82, 2.24) is 10.1 Å². The molecule has 0 N–H and O–H groups in total. The standard InChI is InChI=1S/C18H16N2O4/c1-22-11-14-9-5-6-10-15(14)18(21)23-12-16-19-17(20-24-16)13-7-3-2-4-8-13/h2-10H,11-12H2,1H3. The van der Waals surface area contributed by atoms with Crippen LogP contribution in [0.15, 0.2) is 59.1 Å². The Bertz CT molecular complexity index is 815. The predicted molar refractivity (Wildman–Crippen MR) is 86.0 cm³/mol. The lowest BCUT2D eigenvalue weighted by Gasteiger charge is -2.07. The Morgan fingerprint density at radius 1 is 1.04 bits per heavy atom. The Kier molecular flexibility index (Phi) is 4.98. The normalized spacial score (nSPS) is 10.5. The number of hydrogen-bond donors (Lipinski definition) is 0. The van der Waals surface area contributed by atoms with Crippen molar-refractivity contribution in [3.05, 3.63) is 71.6 Å². The summed E-state index contributed by atoms with van der Waals surface area (Å²) < 4.78 is 15.5. The second-order valence-corrected chi connectivity index (χ2v) is 5.04. The van der Waals surface area contributed by atoms with E-state index in [9.17, 15) is 4.79 Å². The molecule has 1 aromatic heterocycles. The maximum atomic E-state index is 12.2. The minimum Gasteiger partial charge on any atom is -0.452 e. The second kappa shape index (κ2) is 7.52. The number of nitrogens with zero attached hydrogens (tertiary/aromatic N) is 2. The van der Waals surface area contributed by atoms with E-state index >= 15 is 0 Å². The van der Waals surface area contributed by atoms with E-state index < -0.39 is 5.97 Å². The zero-order valence-electron chi connectivity index (χ0n) is 13.1. The van der Waals surface area contributed by atoms with E-state index in [4.69, 9.17) is 14.0 Å². The van der Waals surface area contributed by atoms with Crippen LogP contribution in [0.1, 0.15) is 21.8 Å². The van der Waals surface area contributed by atoms with Gasteiger partial charge in [-0.3, -0.25) is 0 Å². The van der Waals surface area contributed by atoms with Crippen molar-refractivity contribution in [1.29, 1.82) is 0 Å². The van der Waals surface area contributed by atoms with E-state index in [0.717, 1.165) is 11.1 Å². The number of esters is 1.